The first-order chi connectivity index (χ1) is 22.1. The van der Waals surface area contributed by atoms with Gasteiger partial charge in [-0.15, -0.1) is 0 Å². The highest BCUT2D eigenvalue weighted by Gasteiger charge is 2.34. The molecule has 0 bridgehead atoms. The number of aryl methyl sites for hydroxylation is 8. The Hall–Kier alpha value is -2.08. The van der Waals surface area contributed by atoms with Crippen molar-refractivity contribution in [1.82, 2.24) is 0 Å². The molecule has 1 nitrogen and oxygen atoms in total. The fraction of sp³-hybridized carbons (Fsp3) is 0.400. The monoisotopic (exact) mass is 688 g/mol. The van der Waals surface area contributed by atoms with Gasteiger partial charge in [0.15, 0.2) is 0 Å². The summed E-state index contributed by atoms with van der Waals surface area (Å²) in [6.45, 7) is 16.3. The van der Waals surface area contributed by atoms with Gasteiger partial charge in [0.2, 0.25) is 9.76 Å². The van der Waals surface area contributed by atoms with Crippen LogP contribution in [0.25, 0.3) is 0 Å². The maximum absolute atomic E-state index is 7.40. The summed E-state index contributed by atoms with van der Waals surface area (Å²) in [6, 6.07) is 32.3. The molecule has 0 fully saturated rings. The average Bonchev–Trinajstić information content (AvgIpc) is 3.03. The lowest BCUT2D eigenvalue weighted by Gasteiger charge is -2.32. The van der Waals surface area contributed by atoms with Crippen LogP contribution in [0.4, 0.5) is 0 Å². The molecule has 0 amide bonds. The van der Waals surface area contributed by atoms with E-state index in [0.29, 0.717) is 9.76 Å². The van der Waals surface area contributed by atoms with E-state index in [0.717, 1.165) is 39.6 Å². The van der Waals surface area contributed by atoms with Gasteiger partial charge >= 0.3 is 0 Å². The molecule has 0 heterocycles. The third-order valence-electron chi connectivity index (χ3n) is 9.89. The van der Waals surface area contributed by atoms with Gasteiger partial charge in [-0.2, -0.15) is 0 Å². The van der Waals surface area contributed by atoms with Crippen LogP contribution in [0, 0.1) is 55.4 Å². The quantitative estimate of drug-likeness (QED) is 0.0794. The Morgan fingerprint density at radius 1 is 0.413 bits per heavy atom. The highest BCUT2D eigenvalue weighted by Crippen LogP contribution is 2.21. The van der Waals surface area contributed by atoms with E-state index in [-0.39, 0.29) is 0 Å². The summed E-state index contributed by atoms with van der Waals surface area (Å²) in [4.78, 5) is 0. The lowest BCUT2D eigenvalue weighted by Crippen LogP contribution is -2.58. The summed E-state index contributed by atoms with van der Waals surface area (Å²) < 4.78 is 7.40. The van der Waals surface area contributed by atoms with Crippen molar-refractivity contribution in [3.63, 3.8) is 0 Å². The zero-order valence-electron chi connectivity index (χ0n) is 29.5. The van der Waals surface area contributed by atoms with Crippen molar-refractivity contribution >= 4 is 43.7 Å². The fourth-order valence-corrected chi connectivity index (χ4v) is 30.7. The van der Waals surface area contributed by atoms with E-state index >= 15 is 0 Å². The molecule has 8 radical (unpaired) electrons. The van der Waals surface area contributed by atoms with Crippen LogP contribution in [-0.4, -0.2) is 43.7 Å². The lowest BCUT2D eigenvalue weighted by atomic mass is 10.0. The first kappa shape index (κ1) is 36.8. The molecule has 0 saturated heterocycles. The number of hydrogen-bond acceptors (Lipinski definition) is 1. The second kappa shape index (κ2) is 17.9. The molecule has 0 unspecified atom stereocenters. The number of hydrogen-bond donors (Lipinski definition) is 0. The molecule has 0 aliphatic rings. The SMILES string of the molecule is Cc1cccc(CC[Si]O[Si]([Si]CCc2cccc(C)c2C)([Si]CCc2cccc(C)c2C)[Si]CCc2cccc(C)c2C)c1C. The third kappa shape index (κ3) is 10.2. The third-order valence-corrected chi connectivity index (χ3v) is 34.2. The first-order valence-electron chi connectivity index (χ1n) is 17.0. The van der Waals surface area contributed by atoms with Gasteiger partial charge in [-0.1, -0.05) is 90.9 Å². The molecule has 4 rings (SSSR count). The van der Waals surface area contributed by atoms with Crippen LogP contribution in [0.2, 0.25) is 24.2 Å². The van der Waals surface area contributed by atoms with E-state index in [1.54, 1.807) is 0 Å². The highest BCUT2D eigenvalue weighted by atomic mass is 29.9. The smallest absolute Gasteiger partial charge is 0.214 e. The molecule has 0 saturated carbocycles. The Morgan fingerprint density at radius 2 is 0.696 bits per heavy atom. The van der Waals surface area contributed by atoms with Gasteiger partial charge < -0.3 is 4.12 Å². The Morgan fingerprint density at radius 3 is 1.00 bits per heavy atom. The topological polar surface area (TPSA) is 9.23 Å². The predicted octanol–water partition coefficient (Wildman–Crippen LogP) is 9.28. The maximum atomic E-state index is 7.40. The van der Waals surface area contributed by atoms with Crippen molar-refractivity contribution < 1.29 is 4.12 Å². The summed E-state index contributed by atoms with van der Waals surface area (Å²) in [7, 11) is 3.48. The number of rotatable bonds is 17. The average molecular weight is 689 g/mol. The molecule has 238 valence electrons. The minimum absolute atomic E-state index is 0.605. The Kier molecular flexibility index (Phi) is 14.3. The van der Waals surface area contributed by atoms with Crippen molar-refractivity contribution in [2.24, 2.45) is 0 Å². The largest absolute Gasteiger partial charge is 0.464 e. The first-order valence-corrected chi connectivity index (χ1v) is 26.6. The lowest BCUT2D eigenvalue weighted by molar-refractivity contribution is 0.632. The van der Waals surface area contributed by atoms with Crippen LogP contribution in [0.3, 0.4) is 0 Å². The second-order valence-electron chi connectivity index (χ2n) is 12.9. The van der Waals surface area contributed by atoms with Gasteiger partial charge in [-0.3, -0.25) is 0 Å². The maximum Gasteiger partial charge on any atom is 0.214 e. The van der Waals surface area contributed by atoms with E-state index in [1.165, 1.54) is 104 Å². The van der Waals surface area contributed by atoms with E-state index in [2.05, 4.69) is 128 Å². The minimum Gasteiger partial charge on any atom is -0.464 e. The summed E-state index contributed by atoms with van der Waals surface area (Å²) in [5.41, 5.74) is 17.6. The molecule has 0 N–H and O–H groups in total. The second-order valence-corrected chi connectivity index (χ2v) is 32.4. The molecule has 4 aromatic rings. The van der Waals surface area contributed by atoms with Crippen molar-refractivity contribution in [2.45, 2.75) is 105 Å². The summed E-state index contributed by atoms with van der Waals surface area (Å²) in [5, 5.41) is 0. The van der Waals surface area contributed by atoms with Gasteiger partial charge in [0.05, 0.1) is 27.1 Å². The van der Waals surface area contributed by atoms with Crippen LogP contribution >= 0.6 is 0 Å². The van der Waals surface area contributed by atoms with Crippen LogP contribution < -0.4 is 0 Å². The van der Waals surface area contributed by atoms with Gasteiger partial charge in [-0.25, -0.2) is 0 Å². The minimum atomic E-state index is -1.92. The summed E-state index contributed by atoms with van der Waals surface area (Å²) >= 11 is 0. The molecule has 6 heteroatoms. The van der Waals surface area contributed by atoms with E-state index < -0.39 is 6.87 Å². The van der Waals surface area contributed by atoms with E-state index in [4.69, 9.17) is 4.12 Å². The molecule has 46 heavy (non-hydrogen) atoms. The summed E-state index contributed by atoms with van der Waals surface area (Å²) in [6.07, 6.45) is 4.66. The van der Waals surface area contributed by atoms with Crippen molar-refractivity contribution in [1.29, 1.82) is 0 Å². The van der Waals surface area contributed by atoms with Crippen LogP contribution in [-0.2, 0) is 29.8 Å². The van der Waals surface area contributed by atoms with Crippen LogP contribution in [0.15, 0.2) is 72.8 Å². The fourth-order valence-electron chi connectivity index (χ4n) is 6.09. The molecule has 0 aromatic heterocycles. The molecule has 0 spiro atoms. The summed E-state index contributed by atoms with van der Waals surface area (Å²) in [5.74, 6) is 0. The van der Waals surface area contributed by atoms with Crippen LogP contribution in [0.5, 0.6) is 0 Å². The van der Waals surface area contributed by atoms with Gasteiger partial charge in [0, 0.05) is 0 Å². The highest BCUT2D eigenvalue weighted by molar-refractivity contribution is 7.68. The Balaban J connectivity index is 1.53. The van der Waals surface area contributed by atoms with Crippen molar-refractivity contribution in [2.75, 3.05) is 0 Å². The van der Waals surface area contributed by atoms with E-state index in [9.17, 15) is 0 Å². The Bertz CT molecular complexity index is 1440. The number of benzene rings is 4. The molecular weight excluding hydrogens is 637 g/mol. The molecule has 0 aliphatic heterocycles. The normalized spacial score (nSPS) is 11.7. The van der Waals surface area contributed by atoms with E-state index in [1.807, 2.05) is 0 Å². The molecule has 0 aliphatic carbocycles. The predicted molar refractivity (Wildman–Crippen MR) is 208 cm³/mol. The van der Waals surface area contributed by atoms with Crippen molar-refractivity contribution in [3.8, 4) is 0 Å². The zero-order valence-corrected chi connectivity index (χ0v) is 34.5. The molecule has 4 aromatic carbocycles. The molecule has 0 atom stereocenters. The van der Waals surface area contributed by atoms with Gasteiger partial charge in [0.25, 0.3) is 0 Å². The molecular formula is C40H52OSi5. The van der Waals surface area contributed by atoms with Crippen molar-refractivity contribution in [3.05, 3.63) is 140 Å². The zero-order chi connectivity index (χ0) is 33.1. The van der Waals surface area contributed by atoms with Gasteiger partial charge in [0.1, 0.15) is 6.87 Å². The van der Waals surface area contributed by atoms with Gasteiger partial charge in [-0.05, 0) is 154 Å². The Labute approximate surface area is 291 Å². The van der Waals surface area contributed by atoms with Crippen LogP contribution in [0.1, 0.15) is 66.8 Å². The standard InChI is InChI=1S/C40H52OSi5/c1-29-13-9-17-37(33(29)5)21-25-42-41-46(43-26-22-38-18-10-14-30(2)34(38)6,44-27-23-39-19-11-15-31(3)35(39)7)45-28-24-40-20-12-16-32(4)36(40)8/h9-20H,21-28H2,1-8H3.